The minimum atomic E-state index is -0.389. The molecule has 0 spiro atoms. The molecule has 0 N–H and O–H groups in total. The Morgan fingerprint density at radius 2 is 1.86 bits per heavy atom. The van der Waals surface area contributed by atoms with E-state index >= 15 is 0 Å². The van der Waals surface area contributed by atoms with Crippen LogP contribution >= 0.6 is 11.3 Å². The number of rotatable bonds is 4. The van der Waals surface area contributed by atoms with Crippen LogP contribution in [0.15, 0.2) is 34.8 Å². The lowest BCUT2D eigenvalue weighted by Crippen LogP contribution is -2.43. The average molecular weight is 410 g/mol. The summed E-state index contributed by atoms with van der Waals surface area (Å²) in [7, 11) is 0. The van der Waals surface area contributed by atoms with Gasteiger partial charge in [-0.05, 0) is 43.7 Å². The van der Waals surface area contributed by atoms with Crippen molar-refractivity contribution in [2.24, 2.45) is 10.9 Å². The van der Waals surface area contributed by atoms with Crippen molar-refractivity contribution < 1.29 is 9.59 Å². The number of benzene rings is 1. The van der Waals surface area contributed by atoms with E-state index < -0.39 is 0 Å². The highest BCUT2D eigenvalue weighted by Gasteiger charge is 2.37. The molecule has 6 heteroatoms. The summed E-state index contributed by atoms with van der Waals surface area (Å²) >= 11 is 1.62. The van der Waals surface area contributed by atoms with Crippen LogP contribution in [0.25, 0.3) is 10.4 Å². The summed E-state index contributed by atoms with van der Waals surface area (Å²) in [4.78, 5) is 37.0. The van der Waals surface area contributed by atoms with E-state index in [2.05, 4.69) is 9.98 Å². The van der Waals surface area contributed by atoms with Gasteiger partial charge in [-0.15, -0.1) is 11.3 Å². The lowest BCUT2D eigenvalue weighted by Gasteiger charge is -2.29. The number of carbonyl (C=O) groups is 2. The van der Waals surface area contributed by atoms with Gasteiger partial charge in [-0.1, -0.05) is 43.5 Å². The number of nitrogens with zero attached hydrogens (tertiary/aromatic N) is 3. The first-order valence-electron chi connectivity index (χ1n) is 10.5. The Labute approximate surface area is 175 Å². The van der Waals surface area contributed by atoms with E-state index in [-0.39, 0.29) is 23.8 Å². The zero-order valence-corrected chi connectivity index (χ0v) is 17.7. The van der Waals surface area contributed by atoms with Gasteiger partial charge in [0.05, 0.1) is 16.1 Å². The quantitative estimate of drug-likeness (QED) is 0.692. The van der Waals surface area contributed by atoms with Gasteiger partial charge >= 0.3 is 0 Å². The summed E-state index contributed by atoms with van der Waals surface area (Å²) < 4.78 is 0. The van der Waals surface area contributed by atoms with Crippen molar-refractivity contribution in [3.05, 3.63) is 41.0 Å². The first kappa shape index (κ1) is 20.0. The zero-order valence-electron chi connectivity index (χ0n) is 16.8. The number of aryl methyl sites for hydroxylation is 1. The van der Waals surface area contributed by atoms with E-state index in [0.29, 0.717) is 6.54 Å². The topological polar surface area (TPSA) is 62.6 Å². The van der Waals surface area contributed by atoms with Crippen molar-refractivity contribution in [1.82, 2.24) is 9.88 Å². The minimum absolute atomic E-state index is 0.101. The normalized spacial score (nSPS) is 20.4. The van der Waals surface area contributed by atoms with Gasteiger partial charge in [0.1, 0.15) is 6.04 Å². The molecule has 2 fully saturated rings. The number of aromatic nitrogens is 1. The number of thiazole rings is 1. The second kappa shape index (κ2) is 8.99. The smallest absolute Gasteiger partial charge is 0.268 e. The fraction of sp³-hybridized carbons (Fsp3) is 0.478. The highest BCUT2D eigenvalue weighted by molar-refractivity contribution is 7.13. The van der Waals surface area contributed by atoms with Crippen LogP contribution in [0.3, 0.4) is 0 Å². The van der Waals surface area contributed by atoms with Gasteiger partial charge in [0.2, 0.25) is 5.91 Å². The monoisotopic (exact) mass is 409 g/mol. The Hall–Kier alpha value is -2.34. The van der Waals surface area contributed by atoms with Crippen LogP contribution in [0.4, 0.5) is 0 Å². The van der Waals surface area contributed by atoms with Crippen LogP contribution in [0.2, 0.25) is 0 Å². The molecule has 1 atom stereocenters. The van der Waals surface area contributed by atoms with Gasteiger partial charge in [0, 0.05) is 18.7 Å². The van der Waals surface area contributed by atoms with Crippen molar-refractivity contribution in [2.45, 2.75) is 57.9 Å². The SMILES string of the molecule is Cc1ncsc1-c1ccc(C=NC(=O)C2CCCN2C(=O)C2CCCCC2)cc1. The molecule has 1 saturated heterocycles. The van der Waals surface area contributed by atoms with Gasteiger partial charge in [-0.25, -0.2) is 9.98 Å². The lowest BCUT2D eigenvalue weighted by atomic mass is 9.88. The van der Waals surface area contributed by atoms with Crippen molar-refractivity contribution in [1.29, 1.82) is 0 Å². The predicted molar refractivity (Wildman–Crippen MR) is 116 cm³/mol. The van der Waals surface area contributed by atoms with Gasteiger partial charge < -0.3 is 4.90 Å². The molecule has 29 heavy (non-hydrogen) atoms. The predicted octanol–water partition coefficient (Wildman–Crippen LogP) is 4.64. The third-order valence-corrected chi connectivity index (χ3v) is 7.01. The fourth-order valence-electron chi connectivity index (χ4n) is 4.39. The van der Waals surface area contributed by atoms with Gasteiger partial charge in [0.15, 0.2) is 0 Å². The zero-order chi connectivity index (χ0) is 20.2. The van der Waals surface area contributed by atoms with E-state index in [4.69, 9.17) is 0 Å². The van der Waals surface area contributed by atoms with E-state index in [1.54, 1.807) is 22.5 Å². The van der Waals surface area contributed by atoms with Crippen LogP contribution in [0.1, 0.15) is 56.2 Å². The van der Waals surface area contributed by atoms with Crippen LogP contribution in [0.5, 0.6) is 0 Å². The number of likely N-dealkylation sites (tertiary alicyclic amines) is 1. The highest BCUT2D eigenvalue weighted by Crippen LogP contribution is 2.29. The third kappa shape index (κ3) is 4.47. The first-order chi connectivity index (χ1) is 14.1. The molecule has 1 aliphatic carbocycles. The van der Waals surface area contributed by atoms with Crippen molar-refractivity contribution in [2.75, 3.05) is 6.54 Å². The summed E-state index contributed by atoms with van der Waals surface area (Å²) in [6.07, 6.45) is 8.61. The van der Waals surface area contributed by atoms with E-state index in [1.807, 2.05) is 36.7 Å². The molecule has 5 nitrogen and oxygen atoms in total. The van der Waals surface area contributed by atoms with Crippen LogP contribution in [-0.2, 0) is 9.59 Å². The summed E-state index contributed by atoms with van der Waals surface area (Å²) in [6, 6.07) is 7.59. The Kier molecular flexibility index (Phi) is 6.19. The molecule has 1 aliphatic heterocycles. The third-order valence-electron chi connectivity index (χ3n) is 6.03. The Balaban J connectivity index is 1.40. The maximum Gasteiger partial charge on any atom is 0.268 e. The Morgan fingerprint density at radius 3 is 2.55 bits per heavy atom. The number of hydrogen-bond donors (Lipinski definition) is 0. The van der Waals surface area contributed by atoms with Gasteiger partial charge in [0.25, 0.3) is 5.91 Å². The number of carbonyl (C=O) groups excluding carboxylic acids is 2. The first-order valence-corrected chi connectivity index (χ1v) is 11.4. The molecule has 0 bridgehead atoms. The average Bonchev–Trinajstić information content (AvgIpc) is 3.42. The molecular weight excluding hydrogens is 382 g/mol. The van der Waals surface area contributed by atoms with Crippen molar-refractivity contribution in [3.8, 4) is 10.4 Å². The molecule has 1 unspecified atom stereocenters. The molecule has 2 heterocycles. The second-order valence-corrected chi connectivity index (χ2v) is 8.86. The molecule has 2 amide bonds. The summed E-state index contributed by atoms with van der Waals surface area (Å²) in [5, 5.41) is 0. The minimum Gasteiger partial charge on any atom is -0.330 e. The Bertz CT molecular complexity index is 897. The van der Waals surface area contributed by atoms with Gasteiger partial charge in [-0.3, -0.25) is 9.59 Å². The lowest BCUT2D eigenvalue weighted by molar-refractivity contribution is -0.141. The van der Waals surface area contributed by atoms with E-state index in [0.717, 1.165) is 60.2 Å². The van der Waals surface area contributed by atoms with Crippen LogP contribution in [0, 0.1) is 12.8 Å². The fourth-order valence-corrected chi connectivity index (χ4v) is 5.21. The molecule has 152 valence electrons. The molecular formula is C23H27N3O2S. The van der Waals surface area contributed by atoms with Crippen molar-refractivity contribution >= 4 is 29.4 Å². The van der Waals surface area contributed by atoms with Crippen LogP contribution < -0.4 is 0 Å². The Morgan fingerprint density at radius 1 is 1.10 bits per heavy atom. The maximum atomic E-state index is 12.9. The molecule has 4 rings (SSSR count). The van der Waals surface area contributed by atoms with Crippen molar-refractivity contribution in [3.63, 3.8) is 0 Å². The largest absolute Gasteiger partial charge is 0.330 e. The molecule has 1 aromatic carbocycles. The standard InChI is InChI=1S/C23H27N3O2S/c1-16-21(29-15-25-16)18-11-9-17(10-12-18)14-24-22(27)20-8-5-13-26(20)23(28)19-6-3-2-4-7-19/h9-12,14-15,19-20H,2-8,13H2,1H3. The molecule has 1 saturated carbocycles. The maximum absolute atomic E-state index is 12.9. The summed E-state index contributed by atoms with van der Waals surface area (Å²) in [5.41, 5.74) is 4.87. The summed E-state index contributed by atoms with van der Waals surface area (Å²) in [6.45, 7) is 2.69. The molecule has 2 aromatic rings. The number of aliphatic imine (C=N–C) groups is 1. The number of hydrogen-bond acceptors (Lipinski definition) is 4. The van der Waals surface area contributed by atoms with Crippen LogP contribution in [-0.4, -0.2) is 40.5 Å². The molecule has 0 radical (unpaired) electrons. The highest BCUT2D eigenvalue weighted by atomic mass is 32.1. The van der Waals surface area contributed by atoms with E-state index in [1.165, 1.54) is 6.42 Å². The number of amides is 2. The van der Waals surface area contributed by atoms with E-state index in [9.17, 15) is 9.59 Å². The molecule has 1 aromatic heterocycles. The second-order valence-electron chi connectivity index (χ2n) is 8.01. The molecule has 2 aliphatic rings. The van der Waals surface area contributed by atoms with Gasteiger partial charge in [-0.2, -0.15) is 0 Å². The summed E-state index contributed by atoms with van der Waals surface area (Å²) in [5.74, 6) is 0.0675.